The van der Waals surface area contributed by atoms with Crippen LogP contribution in [0.2, 0.25) is 0 Å². The molecule has 2 unspecified atom stereocenters. The molecule has 1 aromatic carbocycles. The number of nitrogens with zero attached hydrogens (tertiary/aromatic N) is 3. The van der Waals surface area contributed by atoms with Gasteiger partial charge in [-0.3, -0.25) is 9.69 Å². The number of piperazine rings is 1. The predicted octanol–water partition coefficient (Wildman–Crippen LogP) is 2.06. The Morgan fingerprint density at radius 2 is 1.81 bits per heavy atom. The van der Waals surface area contributed by atoms with Gasteiger partial charge >= 0.3 is 6.03 Å². The minimum atomic E-state index is -3.52. The van der Waals surface area contributed by atoms with E-state index in [1.54, 1.807) is 6.08 Å². The summed E-state index contributed by atoms with van der Waals surface area (Å²) in [6.45, 7) is 3.83. The first kappa shape index (κ1) is 22.0. The van der Waals surface area contributed by atoms with E-state index in [1.807, 2.05) is 42.2 Å². The first-order valence-corrected chi connectivity index (χ1v) is 12.4. The van der Waals surface area contributed by atoms with Crippen LogP contribution in [0.25, 0.3) is 6.08 Å². The van der Waals surface area contributed by atoms with Crippen LogP contribution in [0.4, 0.5) is 4.79 Å². The number of carbonyl (C=O) groups excluding carboxylic acids is 2. The summed E-state index contributed by atoms with van der Waals surface area (Å²) in [5.41, 5.74) is 0.0667. The number of imide groups is 1. The predicted molar refractivity (Wildman–Crippen MR) is 118 cm³/mol. The Kier molecular flexibility index (Phi) is 6.18. The Bertz CT molecular complexity index is 957. The fourth-order valence-corrected chi connectivity index (χ4v) is 5.94. The van der Waals surface area contributed by atoms with Crippen molar-refractivity contribution in [1.29, 1.82) is 0 Å². The van der Waals surface area contributed by atoms with Crippen LogP contribution < -0.4 is 5.32 Å². The standard InChI is InChI=1S/C22H30N4O4S/c1-18-7-5-6-11-22(18)20(27)26(21(28)23-22)17-24-12-14-25(15-13-24)31(29,30)16-10-19-8-3-2-4-9-19/h2-4,8-10,16,18H,5-7,11-15,17H2,1H3,(H,23,28). The lowest BCUT2D eigenvalue weighted by Crippen LogP contribution is -2.55. The summed E-state index contributed by atoms with van der Waals surface area (Å²) in [5.74, 6) is -0.00774. The van der Waals surface area contributed by atoms with E-state index in [2.05, 4.69) is 5.32 Å². The molecule has 1 aliphatic carbocycles. The fraction of sp³-hybridized carbons (Fsp3) is 0.545. The molecule has 0 radical (unpaired) electrons. The number of nitrogens with one attached hydrogen (secondary N) is 1. The van der Waals surface area contributed by atoms with Gasteiger partial charge in [0, 0.05) is 31.6 Å². The lowest BCUT2D eigenvalue weighted by atomic mass is 9.73. The third-order valence-electron chi connectivity index (χ3n) is 6.77. The van der Waals surface area contributed by atoms with E-state index < -0.39 is 15.6 Å². The molecule has 1 aromatic rings. The molecule has 8 nitrogen and oxygen atoms in total. The van der Waals surface area contributed by atoms with E-state index in [1.165, 1.54) is 14.6 Å². The van der Waals surface area contributed by atoms with Crippen molar-refractivity contribution in [2.45, 2.75) is 38.1 Å². The highest BCUT2D eigenvalue weighted by Crippen LogP contribution is 2.38. The topological polar surface area (TPSA) is 90.0 Å². The largest absolute Gasteiger partial charge is 0.326 e. The number of rotatable bonds is 5. The molecule has 4 rings (SSSR count). The van der Waals surface area contributed by atoms with Crippen LogP contribution in [0.15, 0.2) is 35.7 Å². The van der Waals surface area contributed by atoms with E-state index in [4.69, 9.17) is 0 Å². The molecule has 2 aliphatic heterocycles. The maximum Gasteiger partial charge on any atom is 0.326 e. The molecule has 3 amide bonds. The van der Waals surface area contributed by atoms with Crippen molar-refractivity contribution >= 4 is 28.0 Å². The quantitative estimate of drug-likeness (QED) is 0.700. The van der Waals surface area contributed by atoms with Crippen molar-refractivity contribution < 1.29 is 18.0 Å². The van der Waals surface area contributed by atoms with Gasteiger partial charge < -0.3 is 5.32 Å². The highest BCUT2D eigenvalue weighted by atomic mass is 32.2. The zero-order valence-corrected chi connectivity index (χ0v) is 18.7. The van der Waals surface area contributed by atoms with Gasteiger partial charge in [-0.1, -0.05) is 50.1 Å². The molecule has 2 saturated heterocycles. The molecular formula is C22H30N4O4S. The van der Waals surface area contributed by atoms with E-state index in [-0.39, 0.29) is 24.5 Å². The van der Waals surface area contributed by atoms with E-state index >= 15 is 0 Å². The van der Waals surface area contributed by atoms with Crippen molar-refractivity contribution in [3.8, 4) is 0 Å². The molecule has 31 heavy (non-hydrogen) atoms. The molecule has 168 valence electrons. The van der Waals surface area contributed by atoms with Crippen LogP contribution in [0.1, 0.15) is 38.2 Å². The minimum absolute atomic E-state index is 0.126. The molecule has 1 spiro atoms. The maximum atomic E-state index is 13.1. The van der Waals surface area contributed by atoms with Gasteiger partial charge in [0.05, 0.1) is 6.67 Å². The molecule has 9 heteroatoms. The van der Waals surface area contributed by atoms with Crippen molar-refractivity contribution in [2.24, 2.45) is 5.92 Å². The van der Waals surface area contributed by atoms with Crippen molar-refractivity contribution in [2.75, 3.05) is 32.8 Å². The lowest BCUT2D eigenvalue weighted by molar-refractivity contribution is -0.135. The number of carbonyl (C=O) groups is 2. The van der Waals surface area contributed by atoms with Gasteiger partial charge in [-0.15, -0.1) is 0 Å². The number of amides is 3. The Morgan fingerprint density at radius 3 is 2.48 bits per heavy atom. The first-order valence-electron chi connectivity index (χ1n) is 10.9. The summed E-state index contributed by atoms with van der Waals surface area (Å²) in [4.78, 5) is 29.0. The summed E-state index contributed by atoms with van der Waals surface area (Å²) in [6, 6.07) is 8.97. The van der Waals surface area contributed by atoms with E-state index in [9.17, 15) is 18.0 Å². The van der Waals surface area contributed by atoms with E-state index in [0.29, 0.717) is 32.6 Å². The highest BCUT2D eigenvalue weighted by molar-refractivity contribution is 7.92. The number of hydrogen-bond donors (Lipinski definition) is 1. The molecule has 0 bridgehead atoms. The molecule has 2 atom stereocenters. The van der Waals surface area contributed by atoms with Crippen LogP contribution in [-0.4, -0.2) is 72.8 Å². The molecule has 2 heterocycles. The van der Waals surface area contributed by atoms with Crippen LogP contribution in [0.5, 0.6) is 0 Å². The van der Waals surface area contributed by atoms with Gasteiger partial charge in [0.25, 0.3) is 5.91 Å². The van der Waals surface area contributed by atoms with Crippen molar-refractivity contribution in [1.82, 2.24) is 19.4 Å². The second-order valence-electron chi connectivity index (χ2n) is 8.70. The Balaban J connectivity index is 1.34. The summed E-state index contributed by atoms with van der Waals surface area (Å²) in [7, 11) is -3.52. The number of benzene rings is 1. The van der Waals surface area contributed by atoms with E-state index in [0.717, 1.165) is 24.8 Å². The van der Waals surface area contributed by atoms with Crippen LogP contribution in [-0.2, 0) is 14.8 Å². The van der Waals surface area contributed by atoms with Crippen LogP contribution >= 0.6 is 0 Å². The van der Waals surface area contributed by atoms with Gasteiger partial charge in [-0.25, -0.2) is 18.1 Å². The molecular weight excluding hydrogens is 416 g/mol. The van der Waals surface area contributed by atoms with Crippen molar-refractivity contribution in [3.63, 3.8) is 0 Å². The van der Waals surface area contributed by atoms with Gasteiger partial charge in [-0.05, 0) is 30.4 Å². The summed E-state index contributed by atoms with van der Waals surface area (Å²) < 4.78 is 26.7. The monoisotopic (exact) mass is 446 g/mol. The smallest absolute Gasteiger partial charge is 0.323 e. The van der Waals surface area contributed by atoms with Crippen molar-refractivity contribution in [3.05, 3.63) is 41.3 Å². The van der Waals surface area contributed by atoms with Gasteiger partial charge in [0.1, 0.15) is 5.54 Å². The van der Waals surface area contributed by atoms with Crippen LogP contribution in [0.3, 0.4) is 0 Å². The van der Waals surface area contributed by atoms with Crippen LogP contribution in [0, 0.1) is 5.92 Å². The summed E-state index contributed by atoms with van der Waals surface area (Å²) in [5, 5.41) is 4.21. The Morgan fingerprint density at radius 1 is 1.10 bits per heavy atom. The molecule has 3 aliphatic rings. The minimum Gasteiger partial charge on any atom is -0.323 e. The Labute approximate surface area is 183 Å². The molecule has 1 N–H and O–H groups in total. The second kappa shape index (κ2) is 8.72. The molecule has 0 aromatic heterocycles. The normalized spacial score (nSPS) is 28.5. The lowest BCUT2D eigenvalue weighted by Gasteiger charge is -2.38. The average molecular weight is 447 g/mol. The zero-order chi connectivity index (χ0) is 22.1. The summed E-state index contributed by atoms with van der Waals surface area (Å²) >= 11 is 0. The number of urea groups is 1. The fourth-order valence-electron chi connectivity index (χ4n) is 4.76. The highest BCUT2D eigenvalue weighted by Gasteiger charge is 2.55. The third kappa shape index (κ3) is 4.40. The average Bonchev–Trinajstić information content (AvgIpc) is 3.00. The third-order valence-corrected chi connectivity index (χ3v) is 8.33. The molecule has 1 saturated carbocycles. The molecule has 3 fully saturated rings. The van der Waals surface area contributed by atoms with Gasteiger partial charge in [0.2, 0.25) is 10.0 Å². The maximum absolute atomic E-state index is 13.1. The second-order valence-corrected chi connectivity index (χ2v) is 10.5. The van der Waals surface area contributed by atoms with Gasteiger partial charge in [0.15, 0.2) is 0 Å². The zero-order valence-electron chi connectivity index (χ0n) is 17.9. The number of sulfonamides is 1. The SMILES string of the molecule is CC1CCCCC12NC(=O)N(CN1CCN(S(=O)(=O)C=Cc3ccccc3)CC1)C2=O. The van der Waals surface area contributed by atoms with Gasteiger partial charge in [-0.2, -0.15) is 4.31 Å². The summed E-state index contributed by atoms with van der Waals surface area (Å²) in [6.07, 6.45) is 5.25. The number of hydrogen-bond acceptors (Lipinski definition) is 5. The Hall–Kier alpha value is -2.23. The first-order chi connectivity index (χ1) is 14.8.